The standard InChI is InChI=1S/C24H48O4/c1-19(2)9-6-10-20(3)11-7-12-21(4)13-8-14-22(5)15-16-28-18-24(27)23(26)17-25/h15,19-21,23-27H,6-14,16-18H2,1-5H3/b22-15+. The number of aliphatic hydroxyl groups excluding tert-OH is 3. The van der Waals surface area contributed by atoms with Crippen LogP contribution in [0.3, 0.4) is 0 Å². The first-order valence-corrected chi connectivity index (χ1v) is 11.5. The highest BCUT2D eigenvalue weighted by Crippen LogP contribution is 2.22. The van der Waals surface area contributed by atoms with Crippen LogP contribution < -0.4 is 0 Å². The predicted molar refractivity (Wildman–Crippen MR) is 118 cm³/mol. The van der Waals surface area contributed by atoms with Gasteiger partial charge in [-0.2, -0.15) is 0 Å². The Hall–Kier alpha value is -0.420. The smallest absolute Gasteiger partial charge is 0.105 e. The minimum Gasteiger partial charge on any atom is -0.394 e. The Bertz CT molecular complexity index is 381. The summed E-state index contributed by atoms with van der Waals surface area (Å²) < 4.78 is 5.34. The van der Waals surface area contributed by atoms with Gasteiger partial charge in [0.2, 0.25) is 0 Å². The number of aliphatic hydroxyl groups is 3. The molecule has 0 bridgehead atoms. The van der Waals surface area contributed by atoms with Crippen molar-refractivity contribution in [3.63, 3.8) is 0 Å². The van der Waals surface area contributed by atoms with Crippen LogP contribution in [0.4, 0.5) is 0 Å². The molecule has 0 aromatic rings. The second-order valence-electron chi connectivity index (χ2n) is 9.26. The van der Waals surface area contributed by atoms with Crippen LogP contribution in [0.25, 0.3) is 0 Å². The molecular formula is C24H48O4. The van der Waals surface area contributed by atoms with Gasteiger partial charge in [-0.3, -0.25) is 0 Å². The lowest BCUT2D eigenvalue weighted by molar-refractivity contribution is -0.0527. The van der Waals surface area contributed by atoms with Gasteiger partial charge in [0.1, 0.15) is 12.2 Å². The minimum atomic E-state index is -1.13. The molecule has 28 heavy (non-hydrogen) atoms. The lowest BCUT2D eigenvalue weighted by Gasteiger charge is -2.15. The molecule has 0 aliphatic carbocycles. The Labute approximate surface area is 174 Å². The summed E-state index contributed by atoms with van der Waals surface area (Å²) >= 11 is 0. The summed E-state index contributed by atoms with van der Waals surface area (Å²) in [5.41, 5.74) is 1.31. The van der Waals surface area contributed by atoms with Gasteiger partial charge in [-0.25, -0.2) is 0 Å². The average Bonchev–Trinajstić information content (AvgIpc) is 2.64. The van der Waals surface area contributed by atoms with Crippen molar-refractivity contribution in [1.82, 2.24) is 0 Å². The molecule has 4 unspecified atom stereocenters. The first-order valence-electron chi connectivity index (χ1n) is 11.5. The van der Waals surface area contributed by atoms with Crippen LogP contribution in [0.2, 0.25) is 0 Å². The zero-order valence-electron chi connectivity index (χ0n) is 19.2. The Kier molecular flexibility index (Phi) is 17.2. The molecule has 168 valence electrons. The first kappa shape index (κ1) is 27.6. The van der Waals surface area contributed by atoms with Gasteiger partial charge in [0.05, 0.1) is 19.8 Å². The molecule has 3 N–H and O–H groups in total. The molecule has 0 aromatic heterocycles. The molecule has 4 atom stereocenters. The Morgan fingerprint density at radius 1 is 0.821 bits per heavy atom. The quantitative estimate of drug-likeness (QED) is 0.221. The van der Waals surface area contributed by atoms with Crippen LogP contribution >= 0.6 is 0 Å². The third-order valence-corrected chi connectivity index (χ3v) is 5.61. The highest BCUT2D eigenvalue weighted by molar-refractivity contribution is 4.97. The summed E-state index contributed by atoms with van der Waals surface area (Å²) in [6, 6.07) is 0. The number of hydrogen-bond donors (Lipinski definition) is 3. The third kappa shape index (κ3) is 16.5. The summed E-state index contributed by atoms with van der Waals surface area (Å²) in [5, 5.41) is 27.5. The predicted octanol–water partition coefficient (Wildman–Crippen LogP) is 5.10. The van der Waals surface area contributed by atoms with Crippen LogP contribution in [0.1, 0.15) is 92.4 Å². The molecule has 0 spiro atoms. The van der Waals surface area contributed by atoms with Gasteiger partial charge >= 0.3 is 0 Å². The molecule has 0 aliphatic heterocycles. The molecule has 0 amide bonds. The topological polar surface area (TPSA) is 69.9 Å². The fraction of sp³-hybridized carbons (Fsp3) is 0.917. The Morgan fingerprint density at radius 3 is 1.89 bits per heavy atom. The molecule has 4 heteroatoms. The maximum atomic E-state index is 9.50. The van der Waals surface area contributed by atoms with E-state index >= 15 is 0 Å². The van der Waals surface area contributed by atoms with E-state index in [1.165, 1.54) is 56.9 Å². The van der Waals surface area contributed by atoms with E-state index in [9.17, 15) is 10.2 Å². The monoisotopic (exact) mass is 400 g/mol. The van der Waals surface area contributed by atoms with Gasteiger partial charge in [0, 0.05) is 0 Å². The second kappa shape index (κ2) is 17.4. The Morgan fingerprint density at radius 2 is 1.36 bits per heavy atom. The third-order valence-electron chi connectivity index (χ3n) is 5.61. The van der Waals surface area contributed by atoms with Gasteiger partial charge in [-0.15, -0.1) is 0 Å². The SMILES string of the molecule is C/C(=C\COCC(O)C(O)CO)CCCC(C)CCCC(C)CCCC(C)C. The van der Waals surface area contributed by atoms with Crippen LogP contribution in [0.5, 0.6) is 0 Å². The highest BCUT2D eigenvalue weighted by atomic mass is 16.5. The Balaban J connectivity index is 3.69. The fourth-order valence-electron chi connectivity index (χ4n) is 3.43. The lowest BCUT2D eigenvalue weighted by Crippen LogP contribution is -2.33. The zero-order chi connectivity index (χ0) is 21.4. The fourth-order valence-corrected chi connectivity index (χ4v) is 3.43. The maximum Gasteiger partial charge on any atom is 0.105 e. The molecular weight excluding hydrogens is 352 g/mol. The number of allylic oxidation sites excluding steroid dienone is 1. The van der Waals surface area contributed by atoms with Crippen molar-refractivity contribution in [2.24, 2.45) is 17.8 Å². The van der Waals surface area contributed by atoms with Crippen molar-refractivity contribution < 1.29 is 20.1 Å². The minimum absolute atomic E-state index is 0.0401. The van der Waals surface area contributed by atoms with Crippen molar-refractivity contribution in [3.05, 3.63) is 11.6 Å². The average molecular weight is 401 g/mol. The molecule has 0 rings (SSSR count). The number of rotatable bonds is 18. The lowest BCUT2D eigenvalue weighted by atomic mass is 9.91. The summed E-state index contributed by atoms with van der Waals surface area (Å²) in [7, 11) is 0. The van der Waals surface area contributed by atoms with E-state index in [0.29, 0.717) is 6.61 Å². The second-order valence-corrected chi connectivity index (χ2v) is 9.26. The summed E-state index contributed by atoms with van der Waals surface area (Å²) in [4.78, 5) is 0. The van der Waals surface area contributed by atoms with E-state index in [0.717, 1.165) is 24.2 Å². The van der Waals surface area contributed by atoms with Gasteiger partial charge in [-0.05, 0) is 37.5 Å². The molecule has 0 saturated heterocycles. The normalized spacial score (nSPS) is 17.0. The molecule has 0 fully saturated rings. The van der Waals surface area contributed by atoms with Gasteiger partial charge in [0.15, 0.2) is 0 Å². The molecule has 0 aromatic carbocycles. The van der Waals surface area contributed by atoms with Gasteiger partial charge in [0.25, 0.3) is 0 Å². The largest absolute Gasteiger partial charge is 0.394 e. The number of ether oxygens (including phenoxy) is 1. The van der Waals surface area contributed by atoms with E-state index in [2.05, 4.69) is 34.6 Å². The summed E-state index contributed by atoms with van der Waals surface area (Å²) in [5.74, 6) is 2.50. The van der Waals surface area contributed by atoms with E-state index in [-0.39, 0.29) is 6.61 Å². The van der Waals surface area contributed by atoms with Crippen LogP contribution in [-0.2, 0) is 4.74 Å². The van der Waals surface area contributed by atoms with E-state index in [4.69, 9.17) is 9.84 Å². The highest BCUT2D eigenvalue weighted by Gasteiger charge is 2.14. The van der Waals surface area contributed by atoms with Crippen molar-refractivity contribution in [1.29, 1.82) is 0 Å². The van der Waals surface area contributed by atoms with Gasteiger partial charge < -0.3 is 20.1 Å². The molecule has 0 radical (unpaired) electrons. The zero-order valence-corrected chi connectivity index (χ0v) is 19.2. The van der Waals surface area contributed by atoms with Crippen molar-refractivity contribution in [2.75, 3.05) is 19.8 Å². The van der Waals surface area contributed by atoms with E-state index < -0.39 is 18.8 Å². The first-order chi connectivity index (χ1) is 13.3. The summed E-state index contributed by atoms with van der Waals surface area (Å²) in [6.07, 6.45) is 11.6. The van der Waals surface area contributed by atoms with E-state index in [1.807, 2.05) is 6.08 Å². The van der Waals surface area contributed by atoms with Crippen LogP contribution in [-0.4, -0.2) is 47.3 Å². The van der Waals surface area contributed by atoms with Crippen molar-refractivity contribution in [2.45, 2.75) is 105 Å². The van der Waals surface area contributed by atoms with Crippen molar-refractivity contribution >= 4 is 0 Å². The van der Waals surface area contributed by atoms with Gasteiger partial charge in [-0.1, -0.05) is 84.3 Å². The van der Waals surface area contributed by atoms with Crippen molar-refractivity contribution in [3.8, 4) is 0 Å². The van der Waals surface area contributed by atoms with Crippen LogP contribution in [0.15, 0.2) is 11.6 Å². The van der Waals surface area contributed by atoms with E-state index in [1.54, 1.807) is 0 Å². The molecule has 0 saturated carbocycles. The molecule has 0 aliphatic rings. The molecule has 0 heterocycles. The summed E-state index contributed by atoms with van der Waals surface area (Å²) in [6.45, 7) is 11.5. The van der Waals surface area contributed by atoms with Crippen LogP contribution in [0, 0.1) is 17.8 Å². The maximum absolute atomic E-state index is 9.50. The number of hydrogen-bond acceptors (Lipinski definition) is 4. The molecule has 4 nitrogen and oxygen atoms in total.